The highest BCUT2D eigenvalue weighted by atomic mass is 16.1. The smallest absolute Gasteiger partial charge is 0.221 e. The van der Waals surface area contributed by atoms with Gasteiger partial charge < -0.3 is 10.6 Å². The van der Waals surface area contributed by atoms with Gasteiger partial charge >= 0.3 is 0 Å². The average molecular weight is 290 g/mol. The van der Waals surface area contributed by atoms with Crippen molar-refractivity contribution >= 4 is 11.6 Å². The summed E-state index contributed by atoms with van der Waals surface area (Å²) in [5, 5.41) is 6.39. The van der Waals surface area contributed by atoms with E-state index in [0.29, 0.717) is 6.04 Å². The van der Waals surface area contributed by atoms with Gasteiger partial charge in [0.25, 0.3) is 0 Å². The summed E-state index contributed by atoms with van der Waals surface area (Å²) < 4.78 is 0. The van der Waals surface area contributed by atoms with Crippen molar-refractivity contribution in [1.29, 1.82) is 0 Å². The standard InChI is InChI=1S/C18H30N2O/c1-4-5-6-7-8-9-13-19-15(2)17-11-10-12-18(14-17)20-16(3)21/h10-12,14-15,19H,4-9,13H2,1-3H3,(H,20,21). The molecule has 0 aliphatic carbocycles. The lowest BCUT2D eigenvalue weighted by molar-refractivity contribution is -0.114. The average Bonchev–Trinajstić information content (AvgIpc) is 2.45. The maximum atomic E-state index is 11.1. The Balaban J connectivity index is 2.28. The summed E-state index contributed by atoms with van der Waals surface area (Å²) in [6, 6.07) is 8.37. The molecule has 0 saturated heterocycles. The number of benzene rings is 1. The molecule has 1 rings (SSSR count). The van der Waals surface area contributed by atoms with Crippen LogP contribution < -0.4 is 10.6 Å². The summed E-state index contributed by atoms with van der Waals surface area (Å²) in [6.45, 7) is 7.01. The Morgan fingerprint density at radius 3 is 2.57 bits per heavy atom. The maximum Gasteiger partial charge on any atom is 0.221 e. The molecule has 0 bridgehead atoms. The zero-order valence-electron chi connectivity index (χ0n) is 13.7. The third-order valence-electron chi connectivity index (χ3n) is 3.69. The molecule has 0 fully saturated rings. The Kier molecular flexibility index (Phi) is 8.76. The number of carbonyl (C=O) groups excluding carboxylic acids is 1. The molecule has 3 heteroatoms. The van der Waals surface area contributed by atoms with Crippen LogP contribution in [0.25, 0.3) is 0 Å². The minimum Gasteiger partial charge on any atom is -0.326 e. The first-order chi connectivity index (χ1) is 10.1. The highest BCUT2D eigenvalue weighted by Crippen LogP contribution is 2.17. The molecule has 0 heterocycles. The van der Waals surface area contributed by atoms with Crippen molar-refractivity contribution in [3.63, 3.8) is 0 Å². The van der Waals surface area contributed by atoms with E-state index in [4.69, 9.17) is 0 Å². The fourth-order valence-corrected chi connectivity index (χ4v) is 2.43. The molecule has 0 saturated carbocycles. The summed E-state index contributed by atoms with van der Waals surface area (Å²) in [4.78, 5) is 11.1. The van der Waals surface area contributed by atoms with E-state index in [9.17, 15) is 4.79 Å². The van der Waals surface area contributed by atoms with Crippen LogP contribution >= 0.6 is 0 Å². The van der Waals surface area contributed by atoms with Crippen LogP contribution in [0, 0.1) is 0 Å². The van der Waals surface area contributed by atoms with Crippen LogP contribution in [0.5, 0.6) is 0 Å². The van der Waals surface area contributed by atoms with Crippen LogP contribution in [0.4, 0.5) is 5.69 Å². The van der Waals surface area contributed by atoms with Crippen LogP contribution in [0.15, 0.2) is 24.3 Å². The van der Waals surface area contributed by atoms with Crippen LogP contribution in [-0.2, 0) is 4.79 Å². The number of unbranched alkanes of at least 4 members (excludes halogenated alkanes) is 5. The van der Waals surface area contributed by atoms with Gasteiger partial charge in [-0.15, -0.1) is 0 Å². The minimum atomic E-state index is -0.0279. The van der Waals surface area contributed by atoms with Crippen molar-refractivity contribution in [2.24, 2.45) is 0 Å². The molecule has 118 valence electrons. The molecule has 0 radical (unpaired) electrons. The van der Waals surface area contributed by atoms with E-state index in [-0.39, 0.29) is 5.91 Å². The minimum absolute atomic E-state index is 0.0279. The predicted octanol–water partition coefficient (Wildman–Crippen LogP) is 4.66. The number of amides is 1. The van der Waals surface area contributed by atoms with Gasteiger partial charge in [0, 0.05) is 18.7 Å². The summed E-state index contributed by atoms with van der Waals surface area (Å²) >= 11 is 0. The van der Waals surface area contributed by atoms with Crippen LogP contribution in [0.2, 0.25) is 0 Å². The number of hydrogen-bond acceptors (Lipinski definition) is 2. The van der Waals surface area contributed by atoms with E-state index < -0.39 is 0 Å². The van der Waals surface area contributed by atoms with Gasteiger partial charge in [-0.1, -0.05) is 51.2 Å². The first kappa shape index (κ1) is 17.7. The predicted molar refractivity (Wildman–Crippen MR) is 90.5 cm³/mol. The number of carbonyl (C=O) groups is 1. The molecule has 0 spiro atoms. The number of anilines is 1. The molecule has 1 aromatic carbocycles. The Labute approximate surface area is 129 Å². The molecule has 0 aliphatic heterocycles. The number of hydrogen-bond donors (Lipinski definition) is 2. The zero-order chi connectivity index (χ0) is 15.5. The third kappa shape index (κ3) is 7.86. The number of rotatable bonds is 10. The first-order valence-electron chi connectivity index (χ1n) is 8.24. The topological polar surface area (TPSA) is 41.1 Å². The van der Waals surface area contributed by atoms with Gasteiger partial charge in [0.1, 0.15) is 0 Å². The fraction of sp³-hybridized carbons (Fsp3) is 0.611. The molecular weight excluding hydrogens is 260 g/mol. The molecule has 0 aromatic heterocycles. The van der Waals surface area contributed by atoms with E-state index in [1.165, 1.54) is 51.0 Å². The molecule has 2 N–H and O–H groups in total. The van der Waals surface area contributed by atoms with Crippen molar-refractivity contribution in [2.75, 3.05) is 11.9 Å². The van der Waals surface area contributed by atoms with E-state index in [1.54, 1.807) is 0 Å². The van der Waals surface area contributed by atoms with Crippen LogP contribution in [0.3, 0.4) is 0 Å². The van der Waals surface area contributed by atoms with Gasteiger partial charge in [-0.2, -0.15) is 0 Å². The fourth-order valence-electron chi connectivity index (χ4n) is 2.43. The SMILES string of the molecule is CCCCCCCCNC(C)c1cccc(NC(C)=O)c1. The van der Waals surface area contributed by atoms with E-state index in [0.717, 1.165) is 12.2 Å². The van der Waals surface area contributed by atoms with Gasteiger partial charge in [0.15, 0.2) is 0 Å². The quantitative estimate of drug-likeness (QED) is 0.615. The van der Waals surface area contributed by atoms with Gasteiger partial charge in [-0.25, -0.2) is 0 Å². The monoisotopic (exact) mass is 290 g/mol. The lowest BCUT2D eigenvalue weighted by Crippen LogP contribution is -2.20. The van der Waals surface area contributed by atoms with E-state index in [1.807, 2.05) is 18.2 Å². The lowest BCUT2D eigenvalue weighted by Gasteiger charge is -2.15. The molecule has 1 atom stereocenters. The Morgan fingerprint density at radius 1 is 1.14 bits per heavy atom. The van der Waals surface area contributed by atoms with Gasteiger partial charge in [-0.05, 0) is 37.6 Å². The van der Waals surface area contributed by atoms with Gasteiger partial charge in [-0.3, -0.25) is 4.79 Å². The van der Waals surface area contributed by atoms with Crippen molar-refractivity contribution in [1.82, 2.24) is 5.32 Å². The van der Waals surface area contributed by atoms with Gasteiger partial charge in [0.05, 0.1) is 0 Å². The maximum absolute atomic E-state index is 11.1. The highest BCUT2D eigenvalue weighted by Gasteiger charge is 2.05. The van der Waals surface area contributed by atoms with Gasteiger partial charge in [0.2, 0.25) is 5.91 Å². The highest BCUT2D eigenvalue weighted by molar-refractivity contribution is 5.88. The third-order valence-corrected chi connectivity index (χ3v) is 3.69. The lowest BCUT2D eigenvalue weighted by atomic mass is 10.1. The first-order valence-corrected chi connectivity index (χ1v) is 8.24. The van der Waals surface area contributed by atoms with E-state index >= 15 is 0 Å². The molecule has 0 aliphatic rings. The van der Waals surface area contributed by atoms with E-state index in [2.05, 4.69) is 30.5 Å². The molecule has 1 amide bonds. The number of nitrogens with one attached hydrogen (secondary N) is 2. The Hall–Kier alpha value is -1.35. The molecular formula is C18H30N2O. The zero-order valence-corrected chi connectivity index (χ0v) is 13.7. The summed E-state index contributed by atoms with van der Waals surface area (Å²) in [7, 11) is 0. The second-order valence-electron chi connectivity index (χ2n) is 5.75. The molecule has 3 nitrogen and oxygen atoms in total. The Morgan fingerprint density at radius 2 is 1.86 bits per heavy atom. The Bertz CT molecular complexity index is 417. The largest absolute Gasteiger partial charge is 0.326 e. The van der Waals surface area contributed by atoms with Crippen molar-refractivity contribution in [3.05, 3.63) is 29.8 Å². The van der Waals surface area contributed by atoms with Crippen molar-refractivity contribution in [3.8, 4) is 0 Å². The summed E-state index contributed by atoms with van der Waals surface area (Å²) in [5.74, 6) is -0.0279. The molecule has 21 heavy (non-hydrogen) atoms. The van der Waals surface area contributed by atoms with Crippen molar-refractivity contribution in [2.45, 2.75) is 65.3 Å². The van der Waals surface area contributed by atoms with Crippen molar-refractivity contribution < 1.29 is 4.79 Å². The van der Waals surface area contributed by atoms with Crippen LogP contribution in [-0.4, -0.2) is 12.5 Å². The normalized spacial score (nSPS) is 12.1. The van der Waals surface area contributed by atoms with Crippen LogP contribution in [0.1, 0.15) is 70.9 Å². The molecule has 1 unspecified atom stereocenters. The summed E-state index contributed by atoms with van der Waals surface area (Å²) in [6.07, 6.45) is 7.93. The second-order valence-corrected chi connectivity index (χ2v) is 5.75. The second kappa shape index (κ2) is 10.4. The summed E-state index contributed by atoms with van der Waals surface area (Å²) in [5.41, 5.74) is 2.08. The molecule has 1 aromatic rings.